The molecule has 0 saturated heterocycles. The molecule has 1 unspecified atom stereocenters. The number of hydrogen-bond acceptors (Lipinski definition) is 3. The van der Waals surface area contributed by atoms with Gasteiger partial charge in [0, 0.05) is 12.2 Å². The largest absolute Gasteiger partial charge is 0.382 e. The summed E-state index contributed by atoms with van der Waals surface area (Å²) in [6.45, 7) is 4.04. The maximum atomic E-state index is 11.7. The lowest BCUT2D eigenvalue weighted by Crippen LogP contribution is -2.32. The summed E-state index contributed by atoms with van der Waals surface area (Å²) in [5.74, 6) is 0.0650. The minimum atomic E-state index is -0.171. The summed E-state index contributed by atoms with van der Waals surface area (Å²) in [6.07, 6.45) is 3.40. The van der Waals surface area contributed by atoms with Crippen LogP contribution in [0.1, 0.15) is 37.0 Å². The number of pyridine rings is 1. The molecule has 16 heavy (non-hydrogen) atoms. The lowest BCUT2D eigenvalue weighted by Gasteiger charge is -2.12. The fraction of sp³-hybridized carbons (Fsp3) is 0.455. The van der Waals surface area contributed by atoms with Crippen LogP contribution < -0.4 is 11.1 Å². The molecule has 0 fully saturated rings. The monoisotopic (exact) mass is 241 g/mol. The van der Waals surface area contributed by atoms with E-state index in [9.17, 15) is 4.79 Å². The van der Waals surface area contributed by atoms with Gasteiger partial charge in [-0.3, -0.25) is 4.79 Å². The average molecular weight is 242 g/mol. The van der Waals surface area contributed by atoms with Crippen molar-refractivity contribution in [2.45, 2.75) is 32.7 Å². The number of hydrogen-bond donors (Lipinski definition) is 2. The first-order valence-corrected chi connectivity index (χ1v) is 5.64. The normalized spacial score (nSPS) is 12.2. The van der Waals surface area contributed by atoms with E-state index >= 15 is 0 Å². The quantitative estimate of drug-likeness (QED) is 0.850. The Kier molecular flexibility index (Phi) is 4.55. The molecule has 0 radical (unpaired) electrons. The summed E-state index contributed by atoms with van der Waals surface area (Å²) in [4.78, 5) is 15.6. The summed E-state index contributed by atoms with van der Waals surface area (Å²) in [7, 11) is 0. The van der Waals surface area contributed by atoms with Gasteiger partial charge in [0.1, 0.15) is 5.82 Å². The molecule has 5 heteroatoms. The van der Waals surface area contributed by atoms with Crippen LogP contribution in [0.2, 0.25) is 5.02 Å². The number of carbonyl (C=O) groups is 1. The van der Waals surface area contributed by atoms with Crippen LogP contribution in [-0.2, 0) is 0 Å². The molecule has 4 nitrogen and oxygen atoms in total. The molecule has 1 amide bonds. The van der Waals surface area contributed by atoms with Gasteiger partial charge in [-0.25, -0.2) is 4.98 Å². The molecule has 0 bridgehead atoms. The highest BCUT2D eigenvalue weighted by atomic mass is 35.5. The second-order valence-electron chi connectivity index (χ2n) is 3.75. The first kappa shape index (κ1) is 12.8. The molecule has 1 aromatic rings. The van der Waals surface area contributed by atoms with Crippen LogP contribution in [0.25, 0.3) is 0 Å². The summed E-state index contributed by atoms with van der Waals surface area (Å²) in [5, 5.41) is 3.17. The molecule has 1 atom stereocenters. The number of nitrogen functional groups attached to an aromatic ring is 1. The molecule has 1 rings (SSSR count). The number of anilines is 1. The molecule has 0 saturated carbocycles. The van der Waals surface area contributed by atoms with Crippen LogP contribution >= 0.6 is 11.6 Å². The Bertz CT molecular complexity index is 381. The van der Waals surface area contributed by atoms with E-state index in [1.165, 1.54) is 12.3 Å². The van der Waals surface area contributed by atoms with E-state index in [1.54, 1.807) is 0 Å². The molecular formula is C11H16ClN3O. The van der Waals surface area contributed by atoms with Crippen LogP contribution in [-0.4, -0.2) is 16.9 Å². The van der Waals surface area contributed by atoms with E-state index in [1.807, 2.05) is 6.92 Å². The highest BCUT2D eigenvalue weighted by Crippen LogP contribution is 2.16. The number of carbonyl (C=O) groups excluding carboxylic acids is 1. The number of nitrogens with two attached hydrogens (primary N) is 1. The Balaban J connectivity index is 2.69. The summed E-state index contributed by atoms with van der Waals surface area (Å²) < 4.78 is 0. The van der Waals surface area contributed by atoms with Gasteiger partial charge in [0.15, 0.2) is 0 Å². The van der Waals surface area contributed by atoms with Gasteiger partial charge < -0.3 is 11.1 Å². The Labute approximate surface area is 100 Å². The van der Waals surface area contributed by atoms with Gasteiger partial charge in [-0.05, 0) is 19.4 Å². The minimum Gasteiger partial charge on any atom is -0.382 e. The van der Waals surface area contributed by atoms with E-state index in [0.29, 0.717) is 10.6 Å². The van der Waals surface area contributed by atoms with E-state index in [0.717, 1.165) is 12.8 Å². The molecular weight excluding hydrogens is 226 g/mol. The third-order valence-electron chi connectivity index (χ3n) is 2.23. The smallest absolute Gasteiger partial charge is 0.253 e. The van der Waals surface area contributed by atoms with Crippen molar-refractivity contribution in [3.05, 3.63) is 22.8 Å². The molecule has 1 aromatic heterocycles. The second-order valence-corrected chi connectivity index (χ2v) is 4.16. The molecule has 1 heterocycles. The zero-order valence-electron chi connectivity index (χ0n) is 9.46. The average Bonchev–Trinajstić information content (AvgIpc) is 2.22. The highest BCUT2D eigenvalue weighted by Gasteiger charge is 2.10. The highest BCUT2D eigenvalue weighted by molar-refractivity contribution is 6.33. The van der Waals surface area contributed by atoms with Gasteiger partial charge in [0.25, 0.3) is 5.91 Å². The lowest BCUT2D eigenvalue weighted by molar-refractivity contribution is 0.0938. The Hall–Kier alpha value is -1.29. The Morgan fingerprint density at radius 1 is 1.69 bits per heavy atom. The summed E-state index contributed by atoms with van der Waals surface area (Å²) >= 11 is 5.79. The maximum absolute atomic E-state index is 11.7. The van der Waals surface area contributed by atoms with Crippen molar-refractivity contribution in [1.29, 1.82) is 0 Å². The van der Waals surface area contributed by atoms with Crippen LogP contribution in [0, 0.1) is 0 Å². The molecule has 0 aliphatic rings. The predicted octanol–water partition coefficient (Wildman–Crippen LogP) is 2.24. The number of nitrogens with one attached hydrogen (secondary N) is 1. The Morgan fingerprint density at radius 2 is 2.38 bits per heavy atom. The van der Waals surface area contributed by atoms with Crippen LogP contribution in [0.4, 0.5) is 5.82 Å². The first-order valence-electron chi connectivity index (χ1n) is 5.26. The van der Waals surface area contributed by atoms with Gasteiger partial charge in [0.2, 0.25) is 0 Å². The lowest BCUT2D eigenvalue weighted by atomic mass is 10.2. The molecule has 0 aromatic carbocycles. The van der Waals surface area contributed by atoms with Crippen molar-refractivity contribution in [3.63, 3.8) is 0 Å². The predicted molar refractivity (Wildman–Crippen MR) is 65.5 cm³/mol. The zero-order valence-corrected chi connectivity index (χ0v) is 10.2. The third kappa shape index (κ3) is 3.38. The topological polar surface area (TPSA) is 68.0 Å². The number of aromatic nitrogens is 1. The molecule has 0 aliphatic heterocycles. The minimum absolute atomic E-state index is 0.147. The summed E-state index contributed by atoms with van der Waals surface area (Å²) in [5.41, 5.74) is 5.90. The maximum Gasteiger partial charge on any atom is 0.253 e. The fourth-order valence-corrected chi connectivity index (χ4v) is 1.55. The number of rotatable bonds is 4. The van der Waals surface area contributed by atoms with Gasteiger partial charge >= 0.3 is 0 Å². The van der Waals surface area contributed by atoms with Crippen molar-refractivity contribution in [2.75, 3.05) is 5.73 Å². The van der Waals surface area contributed by atoms with Crippen molar-refractivity contribution < 1.29 is 4.79 Å². The molecule has 88 valence electrons. The van der Waals surface area contributed by atoms with Crippen LogP contribution in [0.15, 0.2) is 12.3 Å². The summed E-state index contributed by atoms with van der Waals surface area (Å²) in [6, 6.07) is 1.67. The van der Waals surface area contributed by atoms with E-state index in [2.05, 4.69) is 17.2 Å². The van der Waals surface area contributed by atoms with E-state index in [4.69, 9.17) is 17.3 Å². The fourth-order valence-electron chi connectivity index (χ4n) is 1.38. The van der Waals surface area contributed by atoms with Gasteiger partial charge in [-0.2, -0.15) is 0 Å². The van der Waals surface area contributed by atoms with E-state index in [-0.39, 0.29) is 17.8 Å². The van der Waals surface area contributed by atoms with Crippen LogP contribution in [0.3, 0.4) is 0 Å². The SMILES string of the molecule is CCCC(C)NC(=O)c1cnc(N)c(Cl)c1. The van der Waals surface area contributed by atoms with E-state index < -0.39 is 0 Å². The van der Waals surface area contributed by atoms with Gasteiger partial charge in [-0.1, -0.05) is 24.9 Å². The third-order valence-corrected chi connectivity index (χ3v) is 2.53. The van der Waals surface area contributed by atoms with Crippen molar-refractivity contribution in [3.8, 4) is 0 Å². The van der Waals surface area contributed by atoms with Crippen molar-refractivity contribution in [2.24, 2.45) is 0 Å². The van der Waals surface area contributed by atoms with Crippen molar-refractivity contribution in [1.82, 2.24) is 10.3 Å². The van der Waals surface area contributed by atoms with Crippen LogP contribution in [0.5, 0.6) is 0 Å². The number of nitrogens with zero attached hydrogens (tertiary/aromatic N) is 1. The van der Waals surface area contributed by atoms with Gasteiger partial charge in [-0.15, -0.1) is 0 Å². The number of halogens is 1. The molecule has 0 spiro atoms. The standard InChI is InChI=1S/C11H16ClN3O/c1-3-4-7(2)15-11(16)8-5-9(12)10(13)14-6-8/h5-7H,3-4H2,1-2H3,(H2,13,14)(H,15,16). The van der Waals surface area contributed by atoms with Crippen molar-refractivity contribution >= 4 is 23.3 Å². The number of amides is 1. The second kappa shape index (κ2) is 5.70. The first-order chi connectivity index (χ1) is 7.54. The molecule has 0 aliphatic carbocycles. The zero-order chi connectivity index (χ0) is 12.1. The van der Waals surface area contributed by atoms with Gasteiger partial charge in [0.05, 0.1) is 10.6 Å². The Morgan fingerprint density at radius 3 is 2.94 bits per heavy atom. The molecule has 3 N–H and O–H groups in total.